The van der Waals surface area contributed by atoms with Gasteiger partial charge in [-0.25, -0.2) is 17.1 Å². The zero-order chi connectivity index (χ0) is 22.4. The van der Waals surface area contributed by atoms with E-state index in [0.717, 1.165) is 25.0 Å². The van der Waals surface area contributed by atoms with Crippen LogP contribution >= 0.6 is 0 Å². The molecule has 172 valence electrons. The van der Waals surface area contributed by atoms with E-state index in [2.05, 4.69) is 0 Å². The molecule has 0 N–H and O–H groups in total. The fraction of sp³-hybridized carbons (Fsp3) is 0.619. The molecule has 10 heteroatoms. The average Bonchev–Trinajstić information content (AvgIpc) is 2.79. The standard InChI is InChI=1S/C21H30FN3O5S/c1-23(31(28,29)19-8-6-18(22)7-9-19)10-3-5-20(26)25-11-2-4-17(16-25)21(27)24-12-14-30-15-13-24/h6-9,17H,2-5,10-16H2,1H3. The minimum atomic E-state index is -3.73. The lowest BCUT2D eigenvalue weighted by Crippen LogP contribution is -2.49. The highest BCUT2D eigenvalue weighted by Gasteiger charge is 2.31. The monoisotopic (exact) mass is 455 g/mol. The van der Waals surface area contributed by atoms with Gasteiger partial charge in [-0.1, -0.05) is 0 Å². The highest BCUT2D eigenvalue weighted by atomic mass is 32.2. The van der Waals surface area contributed by atoms with Crippen LogP contribution in [-0.2, 0) is 24.3 Å². The third-order valence-corrected chi connectivity index (χ3v) is 7.70. The lowest BCUT2D eigenvalue weighted by molar-refractivity contribution is -0.144. The molecule has 31 heavy (non-hydrogen) atoms. The van der Waals surface area contributed by atoms with E-state index in [4.69, 9.17) is 4.74 Å². The molecule has 0 saturated carbocycles. The number of carbonyl (C=O) groups excluding carboxylic acids is 2. The van der Waals surface area contributed by atoms with Crippen molar-refractivity contribution < 1.29 is 27.1 Å². The van der Waals surface area contributed by atoms with E-state index in [0.29, 0.717) is 45.8 Å². The topological polar surface area (TPSA) is 87.2 Å². The summed E-state index contributed by atoms with van der Waals surface area (Å²) >= 11 is 0. The van der Waals surface area contributed by atoms with Gasteiger partial charge < -0.3 is 14.5 Å². The summed E-state index contributed by atoms with van der Waals surface area (Å²) in [7, 11) is -2.28. The Morgan fingerprint density at radius 3 is 2.48 bits per heavy atom. The summed E-state index contributed by atoms with van der Waals surface area (Å²) in [6, 6.07) is 4.67. The molecule has 2 heterocycles. The van der Waals surface area contributed by atoms with Crippen molar-refractivity contribution in [3.8, 4) is 0 Å². The van der Waals surface area contributed by atoms with Gasteiger partial charge >= 0.3 is 0 Å². The summed E-state index contributed by atoms with van der Waals surface area (Å²) in [6.45, 7) is 3.50. The summed E-state index contributed by atoms with van der Waals surface area (Å²) in [5.41, 5.74) is 0. The first kappa shape index (κ1) is 23.6. The molecule has 0 radical (unpaired) electrons. The van der Waals surface area contributed by atoms with Gasteiger partial charge in [-0.15, -0.1) is 0 Å². The minimum Gasteiger partial charge on any atom is -0.378 e. The summed E-state index contributed by atoms with van der Waals surface area (Å²) in [5.74, 6) is -0.658. The first-order chi connectivity index (χ1) is 14.8. The van der Waals surface area contributed by atoms with Crippen LogP contribution in [0.15, 0.2) is 29.2 Å². The lowest BCUT2D eigenvalue weighted by atomic mass is 9.96. The number of hydrogen-bond acceptors (Lipinski definition) is 5. The highest BCUT2D eigenvalue weighted by Crippen LogP contribution is 2.21. The van der Waals surface area contributed by atoms with E-state index in [1.165, 1.54) is 23.5 Å². The number of nitrogens with zero attached hydrogens (tertiary/aromatic N) is 3. The SMILES string of the molecule is CN(CCCC(=O)N1CCCC(C(=O)N2CCOCC2)C1)S(=O)(=O)c1ccc(F)cc1. The maximum atomic E-state index is 13.0. The van der Waals surface area contributed by atoms with Crippen molar-refractivity contribution in [2.75, 3.05) is 53.0 Å². The highest BCUT2D eigenvalue weighted by molar-refractivity contribution is 7.89. The number of morpholine rings is 1. The largest absolute Gasteiger partial charge is 0.378 e. The van der Waals surface area contributed by atoms with E-state index in [1.807, 2.05) is 4.90 Å². The minimum absolute atomic E-state index is 0.0169. The van der Waals surface area contributed by atoms with Crippen molar-refractivity contribution in [3.05, 3.63) is 30.1 Å². The Morgan fingerprint density at radius 2 is 1.81 bits per heavy atom. The molecule has 2 saturated heterocycles. The number of sulfonamides is 1. The van der Waals surface area contributed by atoms with E-state index >= 15 is 0 Å². The molecule has 1 aromatic rings. The molecule has 2 amide bonds. The Bertz CT molecular complexity index is 872. The van der Waals surface area contributed by atoms with Crippen molar-refractivity contribution in [2.24, 2.45) is 5.92 Å². The van der Waals surface area contributed by atoms with Crippen LogP contribution in [0.2, 0.25) is 0 Å². The van der Waals surface area contributed by atoms with Crippen LogP contribution in [0.1, 0.15) is 25.7 Å². The van der Waals surface area contributed by atoms with Gasteiger partial charge in [0.1, 0.15) is 5.82 Å². The van der Waals surface area contributed by atoms with Crippen LogP contribution in [-0.4, -0.2) is 87.3 Å². The molecule has 2 aliphatic heterocycles. The van der Waals surface area contributed by atoms with Gasteiger partial charge in [0.2, 0.25) is 21.8 Å². The molecule has 1 atom stereocenters. The molecule has 3 rings (SSSR count). The van der Waals surface area contributed by atoms with Crippen molar-refractivity contribution in [1.29, 1.82) is 0 Å². The Balaban J connectivity index is 1.47. The van der Waals surface area contributed by atoms with Gasteiger partial charge in [0, 0.05) is 46.2 Å². The first-order valence-electron chi connectivity index (χ1n) is 10.7. The van der Waals surface area contributed by atoms with E-state index in [9.17, 15) is 22.4 Å². The molecular formula is C21H30FN3O5S. The summed E-state index contributed by atoms with van der Waals surface area (Å²) in [6.07, 6.45) is 2.14. The Hall–Kier alpha value is -2.04. The lowest BCUT2D eigenvalue weighted by Gasteiger charge is -2.36. The molecule has 2 fully saturated rings. The van der Waals surface area contributed by atoms with Crippen LogP contribution in [0.3, 0.4) is 0 Å². The predicted octanol–water partition coefficient (Wildman–Crippen LogP) is 1.32. The van der Waals surface area contributed by atoms with Crippen LogP contribution in [0.25, 0.3) is 0 Å². The Kier molecular flexibility index (Phi) is 8.01. The van der Waals surface area contributed by atoms with Crippen molar-refractivity contribution in [2.45, 2.75) is 30.6 Å². The van der Waals surface area contributed by atoms with E-state index in [1.54, 1.807) is 4.90 Å². The second-order valence-electron chi connectivity index (χ2n) is 8.00. The first-order valence-corrected chi connectivity index (χ1v) is 12.1. The molecule has 0 bridgehead atoms. The average molecular weight is 456 g/mol. The van der Waals surface area contributed by atoms with Gasteiger partial charge in [-0.2, -0.15) is 0 Å². The number of likely N-dealkylation sites (tertiary alicyclic amines) is 1. The molecule has 8 nitrogen and oxygen atoms in total. The van der Waals surface area contributed by atoms with Crippen molar-refractivity contribution in [3.63, 3.8) is 0 Å². The molecule has 0 aromatic heterocycles. The fourth-order valence-electron chi connectivity index (χ4n) is 3.96. The third-order valence-electron chi connectivity index (χ3n) is 5.83. The van der Waals surface area contributed by atoms with Crippen LogP contribution in [0, 0.1) is 11.7 Å². The summed E-state index contributed by atoms with van der Waals surface area (Å²) < 4.78 is 44.6. The van der Waals surface area contributed by atoms with Crippen LogP contribution in [0.5, 0.6) is 0 Å². The number of halogens is 1. The van der Waals surface area contributed by atoms with Crippen molar-refractivity contribution >= 4 is 21.8 Å². The second kappa shape index (κ2) is 10.5. The molecule has 1 aromatic carbocycles. The van der Waals surface area contributed by atoms with Crippen LogP contribution in [0.4, 0.5) is 4.39 Å². The molecule has 0 aliphatic carbocycles. The normalized spacial score (nSPS) is 20.2. The molecular weight excluding hydrogens is 425 g/mol. The van der Waals surface area contributed by atoms with Crippen LogP contribution < -0.4 is 0 Å². The summed E-state index contributed by atoms with van der Waals surface area (Å²) in [5, 5.41) is 0. The van der Waals surface area contributed by atoms with Gasteiger partial charge in [0.15, 0.2) is 0 Å². The smallest absolute Gasteiger partial charge is 0.242 e. The Morgan fingerprint density at radius 1 is 1.13 bits per heavy atom. The van der Waals surface area contributed by atoms with E-state index < -0.39 is 15.8 Å². The number of ether oxygens (including phenoxy) is 1. The zero-order valence-corrected chi connectivity index (χ0v) is 18.7. The van der Waals surface area contributed by atoms with Gasteiger partial charge in [-0.05, 0) is 43.5 Å². The number of hydrogen-bond donors (Lipinski definition) is 0. The fourth-order valence-corrected chi connectivity index (χ4v) is 5.17. The predicted molar refractivity (Wildman–Crippen MR) is 112 cm³/mol. The van der Waals surface area contributed by atoms with Gasteiger partial charge in [0.05, 0.1) is 24.0 Å². The zero-order valence-electron chi connectivity index (χ0n) is 17.8. The van der Waals surface area contributed by atoms with E-state index in [-0.39, 0.29) is 35.6 Å². The number of rotatable bonds is 7. The number of carbonyl (C=O) groups is 2. The maximum absolute atomic E-state index is 13.0. The quantitative estimate of drug-likeness (QED) is 0.619. The second-order valence-corrected chi connectivity index (χ2v) is 10.0. The molecule has 2 aliphatic rings. The maximum Gasteiger partial charge on any atom is 0.242 e. The molecule has 1 unspecified atom stereocenters. The van der Waals surface area contributed by atoms with Gasteiger partial charge in [-0.3, -0.25) is 9.59 Å². The number of benzene rings is 1. The third kappa shape index (κ3) is 6.02. The Labute approximate surface area is 183 Å². The van der Waals surface area contributed by atoms with Crippen molar-refractivity contribution in [1.82, 2.24) is 14.1 Å². The van der Waals surface area contributed by atoms with Gasteiger partial charge in [0.25, 0.3) is 0 Å². The number of piperidine rings is 1. The molecule has 0 spiro atoms. The summed E-state index contributed by atoms with van der Waals surface area (Å²) in [4.78, 5) is 28.9. The number of amides is 2.